The Hall–Kier alpha value is -2.58. The summed E-state index contributed by atoms with van der Waals surface area (Å²) in [6.45, 7) is 1.79. The van der Waals surface area contributed by atoms with Crippen LogP contribution in [-0.4, -0.2) is 36.0 Å². The third-order valence-corrected chi connectivity index (χ3v) is 5.74. The highest BCUT2D eigenvalue weighted by molar-refractivity contribution is 5.15. The second-order valence-corrected chi connectivity index (χ2v) is 8.03. The van der Waals surface area contributed by atoms with Crippen molar-refractivity contribution in [3.63, 3.8) is 0 Å². The van der Waals surface area contributed by atoms with Crippen molar-refractivity contribution >= 4 is 0 Å². The number of ether oxygens (including phenoxy) is 3. The number of nitrogens with two attached hydrogens (primary N) is 2. The first kappa shape index (κ1) is 22.6. The van der Waals surface area contributed by atoms with Crippen molar-refractivity contribution in [1.29, 1.82) is 0 Å². The van der Waals surface area contributed by atoms with Crippen molar-refractivity contribution in [2.45, 2.75) is 44.2 Å². The van der Waals surface area contributed by atoms with Gasteiger partial charge in [0.05, 0.1) is 32.5 Å². The number of hydrogen-bond donors (Lipinski definition) is 2. The van der Waals surface area contributed by atoms with E-state index in [0.717, 1.165) is 16.7 Å². The van der Waals surface area contributed by atoms with Crippen molar-refractivity contribution in [3.05, 3.63) is 108 Å². The molecule has 1 aliphatic rings. The lowest BCUT2D eigenvalue weighted by molar-refractivity contribution is -0.0861. The minimum atomic E-state index is -0.496. The first-order valence-electron chi connectivity index (χ1n) is 10.9. The van der Waals surface area contributed by atoms with Gasteiger partial charge in [-0.2, -0.15) is 0 Å². The van der Waals surface area contributed by atoms with Crippen LogP contribution in [-0.2, 0) is 34.0 Å². The molecule has 1 heterocycles. The van der Waals surface area contributed by atoms with Crippen LogP contribution in [0.5, 0.6) is 0 Å². The molecule has 6 nitrogen and oxygen atoms in total. The van der Waals surface area contributed by atoms with E-state index in [-0.39, 0.29) is 18.2 Å². The molecular weight excluding hydrogens is 402 g/mol. The molecule has 1 aliphatic heterocycles. The van der Waals surface area contributed by atoms with Gasteiger partial charge in [-0.05, 0) is 16.7 Å². The van der Waals surface area contributed by atoms with E-state index < -0.39 is 6.17 Å². The van der Waals surface area contributed by atoms with Crippen LogP contribution in [0.4, 0.5) is 0 Å². The maximum atomic E-state index is 6.46. The zero-order chi connectivity index (χ0) is 22.2. The van der Waals surface area contributed by atoms with Crippen LogP contribution < -0.4 is 11.6 Å². The van der Waals surface area contributed by atoms with E-state index in [9.17, 15) is 0 Å². The van der Waals surface area contributed by atoms with Crippen LogP contribution >= 0.6 is 0 Å². The van der Waals surface area contributed by atoms with Gasteiger partial charge in [-0.1, -0.05) is 91.0 Å². The second kappa shape index (κ2) is 11.3. The van der Waals surface area contributed by atoms with E-state index in [1.807, 2.05) is 91.0 Å². The maximum absolute atomic E-state index is 6.46. The summed E-state index contributed by atoms with van der Waals surface area (Å²) in [6.07, 6.45) is -1.20. The van der Waals surface area contributed by atoms with Gasteiger partial charge in [0.2, 0.25) is 0 Å². The molecule has 1 fully saturated rings. The molecule has 0 radical (unpaired) electrons. The van der Waals surface area contributed by atoms with E-state index in [1.165, 1.54) is 0 Å². The minimum Gasteiger partial charge on any atom is -0.375 e. The average molecular weight is 434 g/mol. The van der Waals surface area contributed by atoms with Crippen molar-refractivity contribution in [1.82, 2.24) is 5.01 Å². The largest absolute Gasteiger partial charge is 0.375 e. The molecule has 168 valence electrons. The number of hydrogen-bond acceptors (Lipinski definition) is 6. The van der Waals surface area contributed by atoms with Gasteiger partial charge < -0.3 is 19.9 Å². The standard InChI is InChI=1S/C26H31N3O3/c27-26-25(32-18-22-14-8-3-9-15-22)24(31-17-21-12-6-2-7-13-21)23(29(26)28)19-30-16-20-10-4-1-5-11-20/h1-15,23-26H,16-19,27-28H2/t23-,24-,25+,26?/m0/s1. The number of hydrazine groups is 1. The fourth-order valence-electron chi connectivity index (χ4n) is 3.96. The van der Waals surface area contributed by atoms with Crippen molar-refractivity contribution in [3.8, 4) is 0 Å². The highest BCUT2D eigenvalue weighted by atomic mass is 16.5. The Kier molecular flexibility index (Phi) is 8.01. The predicted octanol–water partition coefficient (Wildman–Crippen LogP) is 3.22. The molecule has 1 unspecified atom stereocenters. The lowest BCUT2D eigenvalue weighted by Gasteiger charge is -2.26. The molecule has 1 saturated heterocycles. The number of rotatable bonds is 10. The highest BCUT2D eigenvalue weighted by Crippen LogP contribution is 2.27. The highest BCUT2D eigenvalue weighted by Gasteiger charge is 2.48. The Labute approximate surface area is 189 Å². The molecule has 32 heavy (non-hydrogen) atoms. The third-order valence-electron chi connectivity index (χ3n) is 5.74. The van der Waals surface area contributed by atoms with E-state index >= 15 is 0 Å². The van der Waals surface area contributed by atoms with Gasteiger partial charge in [-0.25, -0.2) is 5.01 Å². The second-order valence-electron chi connectivity index (χ2n) is 8.03. The van der Waals surface area contributed by atoms with E-state index in [0.29, 0.717) is 26.4 Å². The molecule has 3 aromatic rings. The molecule has 6 heteroatoms. The van der Waals surface area contributed by atoms with E-state index in [4.69, 9.17) is 25.8 Å². The molecule has 0 aliphatic carbocycles. The first-order chi connectivity index (χ1) is 15.7. The monoisotopic (exact) mass is 433 g/mol. The lowest BCUT2D eigenvalue weighted by Crippen LogP contribution is -2.51. The molecule has 0 amide bonds. The fourth-order valence-corrected chi connectivity index (χ4v) is 3.96. The van der Waals surface area contributed by atoms with Crippen molar-refractivity contribution in [2.75, 3.05) is 6.61 Å². The van der Waals surface area contributed by atoms with Crippen LogP contribution in [0.15, 0.2) is 91.0 Å². The molecule has 4 atom stereocenters. The summed E-state index contributed by atoms with van der Waals surface area (Å²) >= 11 is 0. The van der Waals surface area contributed by atoms with Crippen molar-refractivity contribution < 1.29 is 14.2 Å². The Bertz CT molecular complexity index is 927. The summed E-state index contributed by atoms with van der Waals surface area (Å²) in [4.78, 5) is 0. The molecular formula is C26H31N3O3. The maximum Gasteiger partial charge on any atom is 0.115 e. The summed E-state index contributed by atoms with van der Waals surface area (Å²) in [5.74, 6) is 6.39. The average Bonchev–Trinajstić information content (AvgIpc) is 3.07. The van der Waals surface area contributed by atoms with Gasteiger partial charge in [-0.3, -0.25) is 5.84 Å². The summed E-state index contributed by atoms with van der Waals surface area (Å²) in [6, 6.07) is 29.9. The normalized spacial score (nSPS) is 23.4. The van der Waals surface area contributed by atoms with Gasteiger partial charge in [0.25, 0.3) is 0 Å². The predicted molar refractivity (Wildman–Crippen MR) is 124 cm³/mol. The third kappa shape index (κ3) is 5.81. The fraction of sp³-hybridized carbons (Fsp3) is 0.308. The zero-order valence-corrected chi connectivity index (χ0v) is 18.1. The molecule has 3 aromatic carbocycles. The number of nitrogens with zero attached hydrogens (tertiary/aromatic N) is 1. The lowest BCUT2D eigenvalue weighted by atomic mass is 10.1. The SMILES string of the molecule is NC1[C@H](OCc2ccccc2)[C@@H](OCc2ccccc2)[C@H](COCc2ccccc2)N1N. The smallest absolute Gasteiger partial charge is 0.115 e. The van der Waals surface area contributed by atoms with Gasteiger partial charge in [-0.15, -0.1) is 0 Å². The minimum absolute atomic E-state index is 0.224. The van der Waals surface area contributed by atoms with Gasteiger partial charge in [0.15, 0.2) is 0 Å². The Balaban J connectivity index is 1.44. The van der Waals surface area contributed by atoms with Crippen LogP contribution in [0, 0.1) is 0 Å². The molecule has 0 saturated carbocycles. The quantitative estimate of drug-likeness (QED) is 0.478. The number of benzene rings is 3. The van der Waals surface area contributed by atoms with Crippen LogP contribution in [0.25, 0.3) is 0 Å². The van der Waals surface area contributed by atoms with Crippen LogP contribution in [0.3, 0.4) is 0 Å². The Morgan fingerprint density at radius 2 is 1.06 bits per heavy atom. The topological polar surface area (TPSA) is 83.0 Å². The van der Waals surface area contributed by atoms with E-state index in [2.05, 4.69) is 0 Å². The molecule has 4 N–H and O–H groups in total. The van der Waals surface area contributed by atoms with Crippen LogP contribution in [0.1, 0.15) is 16.7 Å². The molecule has 4 rings (SSSR count). The first-order valence-corrected chi connectivity index (χ1v) is 10.9. The molecule has 0 bridgehead atoms. The zero-order valence-electron chi connectivity index (χ0n) is 18.1. The molecule has 0 spiro atoms. The summed E-state index contributed by atoms with van der Waals surface area (Å²) in [5.41, 5.74) is 9.73. The van der Waals surface area contributed by atoms with Gasteiger partial charge in [0.1, 0.15) is 18.4 Å². The summed E-state index contributed by atoms with van der Waals surface area (Å²) in [7, 11) is 0. The van der Waals surface area contributed by atoms with E-state index in [1.54, 1.807) is 5.01 Å². The van der Waals surface area contributed by atoms with Gasteiger partial charge >= 0.3 is 0 Å². The summed E-state index contributed by atoms with van der Waals surface area (Å²) in [5, 5.41) is 1.62. The molecule has 0 aromatic heterocycles. The Morgan fingerprint density at radius 3 is 1.56 bits per heavy atom. The van der Waals surface area contributed by atoms with Crippen LogP contribution in [0.2, 0.25) is 0 Å². The summed E-state index contributed by atoms with van der Waals surface area (Å²) < 4.78 is 18.6. The van der Waals surface area contributed by atoms with Gasteiger partial charge in [0, 0.05) is 0 Å². The van der Waals surface area contributed by atoms with Crippen molar-refractivity contribution in [2.24, 2.45) is 11.6 Å². The Morgan fingerprint density at radius 1 is 0.625 bits per heavy atom.